The Morgan fingerprint density at radius 3 is 2.76 bits per heavy atom. The SMILES string of the molecule is O=C(CN1CSCC1=O)NCc1ccccc1. The van der Waals surface area contributed by atoms with Gasteiger partial charge in [0.25, 0.3) is 0 Å². The molecule has 1 fully saturated rings. The average molecular weight is 250 g/mol. The maximum absolute atomic E-state index is 11.6. The van der Waals surface area contributed by atoms with E-state index in [1.807, 2.05) is 30.3 Å². The van der Waals surface area contributed by atoms with Crippen LogP contribution in [0.5, 0.6) is 0 Å². The van der Waals surface area contributed by atoms with Gasteiger partial charge in [0.1, 0.15) is 6.54 Å². The lowest BCUT2D eigenvalue weighted by atomic mass is 10.2. The van der Waals surface area contributed by atoms with E-state index in [2.05, 4.69) is 5.32 Å². The van der Waals surface area contributed by atoms with Gasteiger partial charge in [0.05, 0.1) is 11.6 Å². The van der Waals surface area contributed by atoms with Gasteiger partial charge >= 0.3 is 0 Å². The molecule has 0 saturated carbocycles. The second-order valence-corrected chi connectivity index (χ2v) is 4.79. The molecule has 0 bridgehead atoms. The molecular formula is C12H14N2O2S. The summed E-state index contributed by atoms with van der Waals surface area (Å²) in [7, 11) is 0. The summed E-state index contributed by atoms with van der Waals surface area (Å²) in [6, 6.07) is 9.71. The topological polar surface area (TPSA) is 49.4 Å². The summed E-state index contributed by atoms with van der Waals surface area (Å²) in [5, 5.41) is 2.80. The Hall–Kier alpha value is -1.49. The van der Waals surface area contributed by atoms with E-state index in [9.17, 15) is 9.59 Å². The molecule has 1 aliphatic heterocycles. The van der Waals surface area contributed by atoms with E-state index in [0.717, 1.165) is 5.56 Å². The van der Waals surface area contributed by atoms with Crippen LogP contribution in [0.3, 0.4) is 0 Å². The summed E-state index contributed by atoms with van der Waals surface area (Å²) in [5.41, 5.74) is 1.06. The predicted molar refractivity (Wildman–Crippen MR) is 67.3 cm³/mol. The molecule has 1 N–H and O–H groups in total. The molecule has 2 amide bonds. The molecule has 17 heavy (non-hydrogen) atoms. The van der Waals surface area contributed by atoms with Gasteiger partial charge in [-0.2, -0.15) is 0 Å². The standard InChI is InChI=1S/C12H14N2O2S/c15-11(7-14-9-17-8-12(14)16)13-6-10-4-2-1-3-5-10/h1-5H,6-9H2,(H,13,15). The van der Waals surface area contributed by atoms with Gasteiger partial charge < -0.3 is 10.2 Å². The molecular weight excluding hydrogens is 236 g/mol. The zero-order chi connectivity index (χ0) is 12.1. The first kappa shape index (κ1) is 12.0. The minimum absolute atomic E-state index is 0.0462. The molecule has 0 radical (unpaired) electrons. The number of carbonyl (C=O) groups is 2. The first-order chi connectivity index (χ1) is 8.25. The number of rotatable bonds is 4. The predicted octanol–water partition coefficient (Wildman–Crippen LogP) is 0.836. The minimum atomic E-state index is -0.107. The normalized spacial score (nSPS) is 15.1. The van der Waals surface area contributed by atoms with Crippen molar-refractivity contribution >= 4 is 23.6 Å². The Morgan fingerprint density at radius 2 is 2.12 bits per heavy atom. The first-order valence-corrected chi connectivity index (χ1v) is 6.57. The minimum Gasteiger partial charge on any atom is -0.350 e. The highest BCUT2D eigenvalue weighted by Crippen LogP contribution is 2.13. The van der Waals surface area contributed by atoms with E-state index >= 15 is 0 Å². The van der Waals surface area contributed by atoms with Crippen LogP contribution in [0.1, 0.15) is 5.56 Å². The van der Waals surface area contributed by atoms with Crippen molar-refractivity contribution in [3.8, 4) is 0 Å². The van der Waals surface area contributed by atoms with Gasteiger partial charge in [0.15, 0.2) is 0 Å². The highest BCUT2D eigenvalue weighted by Gasteiger charge is 2.22. The van der Waals surface area contributed by atoms with Crippen LogP contribution in [-0.2, 0) is 16.1 Å². The lowest BCUT2D eigenvalue weighted by Crippen LogP contribution is -2.37. The number of benzene rings is 1. The molecule has 0 unspecified atom stereocenters. The second kappa shape index (κ2) is 5.72. The van der Waals surface area contributed by atoms with Crippen LogP contribution < -0.4 is 5.32 Å². The van der Waals surface area contributed by atoms with E-state index < -0.39 is 0 Å². The van der Waals surface area contributed by atoms with Crippen molar-refractivity contribution in [3.63, 3.8) is 0 Å². The smallest absolute Gasteiger partial charge is 0.239 e. The van der Waals surface area contributed by atoms with Gasteiger partial charge in [-0.15, -0.1) is 11.8 Å². The van der Waals surface area contributed by atoms with Crippen LogP contribution in [0.4, 0.5) is 0 Å². The van der Waals surface area contributed by atoms with E-state index in [1.165, 1.54) is 0 Å². The number of nitrogens with zero attached hydrogens (tertiary/aromatic N) is 1. The molecule has 1 heterocycles. The number of nitrogens with one attached hydrogen (secondary N) is 1. The molecule has 1 aromatic rings. The third-order valence-electron chi connectivity index (χ3n) is 2.49. The summed E-state index contributed by atoms with van der Waals surface area (Å²) in [6.45, 7) is 0.674. The zero-order valence-electron chi connectivity index (χ0n) is 9.39. The Balaban J connectivity index is 1.76. The summed E-state index contributed by atoms with van der Waals surface area (Å²) in [5.74, 6) is 1.05. The lowest BCUT2D eigenvalue weighted by Gasteiger charge is -2.14. The third-order valence-corrected chi connectivity index (χ3v) is 3.44. The van der Waals surface area contributed by atoms with E-state index in [-0.39, 0.29) is 18.4 Å². The fourth-order valence-electron chi connectivity index (χ4n) is 1.57. The van der Waals surface area contributed by atoms with Crippen molar-refractivity contribution in [3.05, 3.63) is 35.9 Å². The number of thioether (sulfide) groups is 1. The van der Waals surface area contributed by atoms with Gasteiger partial charge in [-0.05, 0) is 5.56 Å². The Bertz CT molecular complexity index is 408. The van der Waals surface area contributed by atoms with Gasteiger partial charge in [-0.1, -0.05) is 30.3 Å². The van der Waals surface area contributed by atoms with Crippen LogP contribution in [0, 0.1) is 0 Å². The summed E-state index contributed by atoms with van der Waals surface area (Å²) in [4.78, 5) is 24.5. The molecule has 1 saturated heterocycles. The number of amides is 2. The highest BCUT2D eigenvalue weighted by molar-refractivity contribution is 8.00. The van der Waals surface area contributed by atoms with Crippen molar-refractivity contribution in [1.82, 2.24) is 10.2 Å². The van der Waals surface area contributed by atoms with Crippen LogP contribution in [-0.4, -0.2) is 34.9 Å². The quantitative estimate of drug-likeness (QED) is 0.861. The third kappa shape index (κ3) is 3.49. The maximum atomic E-state index is 11.6. The fraction of sp³-hybridized carbons (Fsp3) is 0.333. The Kier molecular flexibility index (Phi) is 4.03. The van der Waals surface area contributed by atoms with Crippen molar-refractivity contribution in [1.29, 1.82) is 0 Å². The Morgan fingerprint density at radius 1 is 1.35 bits per heavy atom. The maximum Gasteiger partial charge on any atom is 0.239 e. The molecule has 2 rings (SSSR count). The van der Waals surface area contributed by atoms with E-state index in [4.69, 9.17) is 0 Å². The number of hydrogen-bond donors (Lipinski definition) is 1. The molecule has 1 aromatic carbocycles. The highest BCUT2D eigenvalue weighted by atomic mass is 32.2. The molecule has 0 aliphatic carbocycles. The molecule has 1 aliphatic rings. The molecule has 0 spiro atoms. The molecule has 0 atom stereocenters. The second-order valence-electron chi connectivity index (χ2n) is 3.83. The van der Waals surface area contributed by atoms with Gasteiger partial charge in [-0.3, -0.25) is 9.59 Å². The molecule has 5 heteroatoms. The van der Waals surface area contributed by atoms with Gasteiger partial charge in [0.2, 0.25) is 11.8 Å². The van der Waals surface area contributed by atoms with Crippen molar-refractivity contribution in [2.24, 2.45) is 0 Å². The van der Waals surface area contributed by atoms with Crippen LogP contribution >= 0.6 is 11.8 Å². The fourth-order valence-corrected chi connectivity index (χ4v) is 2.47. The molecule has 90 valence electrons. The van der Waals surface area contributed by atoms with E-state index in [1.54, 1.807) is 16.7 Å². The number of hydrogen-bond acceptors (Lipinski definition) is 3. The van der Waals surface area contributed by atoms with Crippen molar-refractivity contribution < 1.29 is 9.59 Å². The van der Waals surface area contributed by atoms with Gasteiger partial charge in [0, 0.05) is 6.54 Å². The van der Waals surface area contributed by atoms with Crippen molar-refractivity contribution in [2.45, 2.75) is 6.54 Å². The van der Waals surface area contributed by atoms with Gasteiger partial charge in [-0.25, -0.2) is 0 Å². The van der Waals surface area contributed by atoms with Crippen molar-refractivity contribution in [2.75, 3.05) is 18.2 Å². The molecule has 0 aromatic heterocycles. The largest absolute Gasteiger partial charge is 0.350 e. The monoisotopic (exact) mass is 250 g/mol. The summed E-state index contributed by atoms with van der Waals surface area (Å²) >= 11 is 1.54. The zero-order valence-corrected chi connectivity index (χ0v) is 10.2. The van der Waals surface area contributed by atoms with Crippen LogP contribution in [0.25, 0.3) is 0 Å². The van der Waals surface area contributed by atoms with E-state index in [0.29, 0.717) is 18.2 Å². The summed E-state index contributed by atoms with van der Waals surface area (Å²) in [6.07, 6.45) is 0. The molecule has 4 nitrogen and oxygen atoms in total. The summed E-state index contributed by atoms with van der Waals surface area (Å²) < 4.78 is 0. The van der Waals surface area contributed by atoms with Crippen LogP contribution in [0.2, 0.25) is 0 Å². The van der Waals surface area contributed by atoms with Crippen LogP contribution in [0.15, 0.2) is 30.3 Å². The average Bonchev–Trinajstić information content (AvgIpc) is 2.74. The lowest BCUT2D eigenvalue weighted by molar-refractivity contribution is -0.132. The first-order valence-electron chi connectivity index (χ1n) is 5.42. The number of carbonyl (C=O) groups excluding carboxylic acids is 2. The Labute approximate surface area is 104 Å².